The van der Waals surface area contributed by atoms with Crippen molar-refractivity contribution < 1.29 is 27.5 Å². The van der Waals surface area contributed by atoms with Crippen molar-refractivity contribution in [2.45, 2.75) is 38.8 Å². The molecule has 9 heteroatoms. The van der Waals surface area contributed by atoms with Gasteiger partial charge in [0.25, 0.3) is 0 Å². The van der Waals surface area contributed by atoms with Gasteiger partial charge in [-0.25, -0.2) is 13.2 Å². The first-order valence-electron chi connectivity index (χ1n) is 7.27. The van der Waals surface area contributed by atoms with Gasteiger partial charge in [0, 0.05) is 6.54 Å². The maximum Gasteiger partial charge on any atom is 0.339 e. The molecule has 1 aromatic heterocycles. The average Bonchev–Trinajstić information content (AvgIpc) is 2.85. The maximum atomic E-state index is 12.3. The van der Waals surface area contributed by atoms with Crippen LogP contribution in [0.4, 0.5) is 0 Å². The number of rotatable bonds is 5. The van der Waals surface area contributed by atoms with Crippen LogP contribution in [0.25, 0.3) is 0 Å². The summed E-state index contributed by atoms with van der Waals surface area (Å²) in [4.78, 5) is 23.2. The Balaban J connectivity index is 2.03. The van der Waals surface area contributed by atoms with E-state index in [1.165, 1.54) is 17.3 Å². The Labute approximate surface area is 134 Å². The molecule has 0 aromatic carbocycles. The van der Waals surface area contributed by atoms with E-state index in [1.54, 1.807) is 0 Å². The summed E-state index contributed by atoms with van der Waals surface area (Å²) in [5.41, 5.74) is 0.0460. The van der Waals surface area contributed by atoms with Crippen LogP contribution in [-0.2, 0) is 21.4 Å². The quantitative estimate of drug-likeness (QED) is 0.813. The minimum Gasteiger partial charge on any atom is -0.478 e. The van der Waals surface area contributed by atoms with Crippen LogP contribution in [0.5, 0.6) is 0 Å². The third-order valence-corrected chi connectivity index (χ3v) is 5.11. The molecule has 1 aliphatic heterocycles. The predicted molar refractivity (Wildman–Crippen MR) is 81.4 cm³/mol. The predicted octanol–water partition coefficient (Wildman–Crippen LogP) is 0.717. The number of hydrogen-bond acceptors (Lipinski definition) is 5. The minimum absolute atomic E-state index is 0.0149. The van der Waals surface area contributed by atoms with Gasteiger partial charge in [-0.1, -0.05) is 6.42 Å². The molecule has 0 aliphatic carbocycles. The zero-order valence-corrected chi connectivity index (χ0v) is 13.9. The topological polar surface area (TPSA) is 117 Å². The fraction of sp³-hybridized carbons (Fsp3) is 0.571. The molecule has 2 rings (SSSR count). The van der Waals surface area contributed by atoms with Gasteiger partial charge in [-0.05, 0) is 25.8 Å². The van der Waals surface area contributed by atoms with Gasteiger partial charge in [0.2, 0.25) is 15.9 Å². The summed E-state index contributed by atoms with van der Waals surface area (Å²) in [5, 5.41) is 11.6. The van der Waals surface area contributed by atoms with Crippen LogP contribution in [-0.4, -0.2) is 48.5 Å². The van der Waals surface area contributed by atoms with Crippen molar-refractivity contribution in [1.82, 2.24) is 9.62 Å². The molecular formula is C14H20N2O6S. The number of furan rings is 1. The van der Waals surface area contributed by atoms with Gasteiger partial charge in [0.15, 0.2) is 0 Å². The minimum atomic E-state index is -3.45. The third kappa shape index (κ3) is 4.11. The molecule has 0 unspecified atom stereocenters. The Morgan fingerprint density at radius 1 is 1.43 bits per heavy atom. The van der Waals surface area contributed by atoms with E-state index in [2.05, 4.69) is 5.32 Å². The number of carbonyl (C=O) groups excluding carboxylic acids is 1. The number of nitrogens with one attached hydrogen (secondary N) is 1. The molecule has 8 nitrogen and oxygen atoms in total. The molecular weight excluding hydrogens is 324 g/mol. The summed E-state index contributed by atoms with van der Waals surface area (Å²) in [5.74, 6) is -0.924. The molecule has 1 aromatic rings. The molecule has 1 amide bonds. The Morgan fingerprint density at radius 2 is 2.13 bits per heavy atom. The lowest BCUT2D eigenvalue weighted by atomic mass is 10.0. The van der Waals surface area contributed by atoms with Gasteiger partial charge in [-0.3, -0.25) is 4.79 Å². The van der Waals surface area contributed by atoms with Gasteiger partial charge in [0.05, 0.1) is 12.8 Å². The normalized spacial score (nSPS) is 19.5. The zero-order valence-electron chi connectivity index (χ0n) is 13.0. The smallest absolute Gasteiger partial charge is 0.339 e. The Kier molecular flexibility index (Phi) is 5.10. The molecule has 23 heavy (non-hydrogen) atoms. The number of nitrogens with zero attached hydrogens (tertiary/aromatic N) is 1. The van der Waals surface area contributed by atoms with Gasteiger partial charge in [0.1, 0.15) is 23.1 Å². The Bertz CT molecular complexity index is 709. The molecule has 2 N–H and O–H groups in total. The molecule has 0 bridgehead atoms. The van der Waals surface area contributed by atoms with Crippen LogP contribution in [0.3, 0.4) is 0 Å². The monoisotopic (exact) mass is 344 g/mol. The third-order valence-electron chi connectivity index (χ3n) is 3.82. The van der Waals surface area contributed by atoms with Gasteiger partial charge >= 0.3 is 5.97 Å². The van der Waals surface area contributed by atoms with E-state index < -0.39 is 27.9 Å². The van der Waals surface area contributed by atoms with Gasteiger partial charge < -0.3 is 14.8 Å². The highest BCUT2D eigenvalue weighted by atomic mass is 32.2. The summed E-state index contributed by atoms with van der Waals surface area (Å²) in [6.45, 7) is 1.88. The summed E-state index contributed by atoms with van der Waals surface area (Å²) >= 11 is 0. The van der Waals surface area contributed by atoms with Crippen molar-refractivity contribution >= 4 is 21.9 Å². The number of aromatic carboxylic acids is 1. The summed E-state index contributed by atoms with van der Waals surface area (Å²) in [6, 6.07) is 0.626. The molecule has 0 radical (unpaired) electrons. The van der Waals surface area contributed by atoms with E-state index in [9.17, 15) is 18.0 Å². The first-order chi connectivity index (χ1) is 10.7. The second-order valence-corrected chi connectivity index (χ2v) is 7.53. The molecule has 1 fully saturated rings. The van der Waals surface area contributed by atoms with Crippen LogP contribution in [0.1, 0.15) is 41.1 Å². The molecule has 128 valence electrons. The standard InChI is InChI=1S/C14H20N2O6S/c1-9-11(14(18)19)7-10(22-9)8-15-13(17)12-5-3-4-6-16(12)23(2,20)21/h7,12H,3-6,8H2,1-2H3,(H,15,17)(H,18,19)/t12-/m0/s1. The lowest BCUT2D eigenvalue weighted by molar-refractivity contribution is -0.125. The molecule has 1 atom stereocenters. The summed E-state index contributed by atoms with van der Waals surface area (Å²) in [6.07, 6.45) is 3.08. The van der Waals surface area contributed by atoms with Crippen molar-refractivity contribution in [3.8, 4) is 0 Å². The van der Waals surface area contributed by atoms with E-state index in [4.69, 9.17) is 9.52 Å². The molecule has 0 saturated carbocycles. The van der Waals surface area contributed by atoms with Crippen LogP contribution in [0, 0.1) is 6.92 Å². The Morgan fingerprint density at radius 3 is 2.70 bits per heavy atom. The highest BCUT2D eigenvalue weighted by Gasteiger charge is 2.34. The van der Waals surface area contributed by atoms with Gasteiger partial charge in [-0.2, -0.15) is 4.31 Å². The number of amides is 1. The summed E-state index contributed by atoms with van der Waals surface area (Å²) < 4.78 is 30.0. The van der Waals surface area contributed by atoms with E-state index in [0.717, 1.165) is 19.1 Å². The largest absolute Gasteiger partial charge is 0.478 e. The molecule has 2 heterocycles. The van der Waals surface area contributed by atoms with Crippen molar-refractivity contribution in [2.24, 2.45) is 0 Å². The van der Waals surface area contributed by atoms with Crippen LogP contribution < -0.4 is 5.32 Å². The highest BCUT2D eigenvalue weighted by Crippen LogP contribution is 2.20. The highest BCUT2D eigenvalue weighted by molar-refractivity contribution is 7.88. The van der Waals surface area contributed by atoms with Crippen molar-refractivity contribution in [2.75, 3.05) is 12.8 Å². The van der Waals surface area contributed by atoms with Crippen molar-refractivity contribution in [3.05, 3.63) is 23.2 Å². The van der Waals surface area contributed by atoms with Crippen LogP contribution in [0.2, 0.25) is 0 Å². The first kappa shape index (κ1) is 17.5. The second kappa shape index (κ2) is 6.71. The maximum absolute atomic E-state index is 12.3. The summed E-state index contributed by atoms with van der Waals surface area (Å²) in [7, 11) is -3.45. The molecule has 1 saturated heterocycles. The number of carboxylic acids is 1. The van der Waals surface area contributed by atoms with Crippen LogP contribution >= 0.6 is 0 Å². The van der Waals surface area contributed by atoms with Gasteiger partial charge in [-0.15, -0.1) is 0 Å². The van der Waals surface area contributed by atoms with Crippen molar-refractivity contribution in [3.63, 3.8) is 0 Å². The average molecular weight is 344 g/mol. The number of hydrogen-bond donors (Lipinski definition) is 2. The van der Waals surface area contributed by atoms with E-state index in [0.29, 0.717) is 18.7 Å². The van der Waals surface area contributed by atoms with E-state index in [-0.39, 0.29) is 17.9 Å². The first-order valence-corrected chi connectivity index (χ1v) is 9.12. The molecule has 0 spiro atoms. The fourth-order valence-electron chi connectivity index (χ4n) is 2.70. The van der Waals surface area contributed by atoms with Crippen LogP contribution in [0.15, 0.2) is 10.5 Å². The zero-order chi connectivity index (χ0) is 17.2. The lowest BCUT2D eigenvalue weighted by Gasteiger charge is -2.32. The second-order valence-electron chi connectivity index (χ2n) is 5.59. The number of carbonyl (C=O) groups is 2. The SMILES string of the molecule is Cc1oc(CNC(=O)[C@@H]2CCCCN2S(C)(=O)=O)cc1C(=O)O. The van der Waals surface area contributed by atoms with Crippen molar-refractivity contribution in [1.29, 1.82) is 0 Å². The number of piperidine rings is 1. The van der Waals surface area contributed by atoms with E-state index in [1.807, 2.05) is 0 Å². The fourth-order valence-corrected chi connectivity index (χ4v) is 3.82. The Hall–Kier alpha value is -1.87. The number of carboxylic acid groups (broad SMARTS) is 1. The van der Waals surface area contributed by atoms with E-state index >= 15 is 0 Å². The molecule has 1 aliphatic rings. The lowest BCUT2D eigenvalue weighted by Crippen LogP contribution is -2.51. The number of sulfonamides is 1. The number of aryl methyl sites for hydroxylation is 1.